The maximum absolute atomic E-state index is 11.7. The molecule has 0 aromatic heterocycles. The molecule has 9 nitrogen and oxygen atoms in total. The molecule has 2 aromatic rings. The van der Waals surface area contributed by atoms with Gasteiger partial charge < -0.3 is 19.5 Å². The topological polar surface area (TPSA) is 117 Å². The minimum Gasteiger partial charge on any atom is -0.494 e. The van der Waals surface area contributed by atoms with Crippen molar-refractivity contribution in [2.45, 2.75) is 40.0 Å². The molecule has 36 heavy (non-hydrogen) atoms. The zero-order valence-electron chi connectivity index (χ0n) is 20.6. The van der Waals surface area contributed by atoms with Gasteiger partial charge in [-0.2, -0.15) is 8.42 Å². The first kappa shape index (κ1) is 31.7. The maximum Gasteiger partial charge on any atom is 0.316 e. The van der Waals surface area contributed by atoms with Crippen LogP contribution in [0.25, 0.3) is 0 Å². The van der Waals surface area contributed by atoms with Gasteiger partial charge in [0.2, 0.25) is 6.29 Å². The Balaban J connectivity index is 0.00000648. The SMILES string of the molecule is CCOc1cc(Cc2cc(OCCCS(=O)(=O)OC)c(NC(=O)C=O)cc2CC)cc(OCC)c1.[MgH2]. The molecule has 0 aliphatic carbocycles. The number of aldehydes is 1. The van der Waals surface area contributed by atoms with Crippen LogP contribution in [0.15, 0.2) is 30.3 Å². The highest BCUT2D eigenvalue weighted by Crippen LogP contribution is 2.32. The number of nitrogens with one attached hydrogen (secondary N) is 1. The van der Waals surface area contributed by atoms with Crippen molar-refractivity contribution in [1.82, 2.24) is 0 Å². The highest BCUT2D eigenvalue weighted by molar-refractivity contribution is 7.86. The zero-order chi connectivity index (χ0) is 25.8. The summed E-state index contributed by atoms with van der Waals surface area (Å²) in [6.45, 7) is 6.94. The second kappa shape index (κ2) is 15.7. The van der Waals surface area contributed by atoms with Crippen molar-refractivity contribution >= 4 is 51.1 Å². The van der Waals surface area contributed by atoms with Crippen molar-refractivity contribution < 1.29 is 36.4 Å². The monoisotopic (exact) mass is 533 g/mol. The zero-order valence-corrected chi connectivity index (χ0v) is 21.4. The number of carbonyl (C=O) groups is 2. The van der Waals surface area contributed by atoms with Gasteiger partial charge in [0, 0.05) is 6.07 Å². The second-order valence-corrected chi connectivity index (χ2v) is 9.42. The van der Waals surface area contributed by atoms with E-state index in [1.165, 1.54) is 0 Å². The van der Waals surface area contributed by atoms with E-state index in [1.807, 2.05) is 39.0 Å². The molecule has 0 atom stereocenters. The number of aryl methyl sites for hydroxylation is 1. The molecule has 0 saturated heterocycles. The van der Waals surface area contributed by atoms with E-state index >= 15 is 0 Å². The number of ether oxygens (including phenoxy) is 3. The number of benzene rings is 2. The molecule has 0 bridgehead atoms. The third kappa shape index (κ3) is 9.96. The molecule has 2 rings (SSSR count). The largest absolute Gasteiger partial charge is 0.494 e. The molecule has 0 radical (unpaired) electrons. The number of anilines is 1. The number of amides is 1. The molecule has 1 N–H and O–H groups in total. The van der Waals surface area contributed by atoms with Crippen molar-refractivity contribution in [2.75, 3.05) is 38.0 Å². The van der Waals surface area contributed by atoms with Crippen LogP contribution in [-0.4, -0.2) is 76.3 Å². The number of carbonyl (C=O) groups excluding carboxylic acids is 2. The lowest BCUT2D eigenvalue weighted by molar-refractivity contribution is -0.127. The first-order valence-corrected chi connectivity index (χ1v) is 13.0. The number of hydrogen-bond acceptors (Lipinski definition) is 8. The predicted octanol–water partition coefficient (Wildman–Crippen LogP) is 2.60. The molecule has 2 aromatic carbocycles. The van der Waals surface area contributed by atoms with Crippen LogP contribution in [0.2, 0.25) is 0 Å². The standard InChI is InChI=1S/C25H33NO8S.Mg.2H/c1-5-19-14-23(26-25(28)17-27)24(34-9-8-10-35(29,30)31-4)15-20(19)11-18-12-21(32-6-2)16-22(13-18)33-7-3;;;/h12-17H,5-11H2,1-4H3,(H,26,28);;;. The average molecular weight is 534 g/mol. The minimum absolute atomic E-state index is 0. The van der Waals surface area contributed by atoms with Gasteiger partial charge in [-0.3, -0.25) is 13.8 Å². The molecule has 0 heterocycles. The van der Waals surface area contributed by atoms with Crippen LogP contribution in [0.3, 0.4) is 0 Å². The summed E-state index contributed by atoms with van der Waals surface area (Å²) in [6, 6.07) is 9.32. The fourth-order valence-corrected chi connectivity index (χ4v) is 4.13. The fourth-order valence-electron chi connectivity index (χ4n) is 3.49. The molecular weight excluding hydrogens is 499 g/mol. The molecule has 11 heteroatoms. The van der Waals surface area contributed by atoms with E-state index < -0.39 is 16.0 Å². The Kier molecular flexibility index (Phi) is 13.8. The van der Waals surface area contributed by atoms with Crippen LogP contribution >= 0.6 is 0 Å². The quantitative estimate of drug-likeness (QED) is 0.122. The minimum atomic E-state index is -3.60. The normalized spacial score (nSPS) is 10.8. The Morgan fingerprint density at radius 3 is 2.11 bits per heavy atom. The molecule has 0 aliphatic heterocycles. The van der Waals surface area contributed by atoms with E-state index in [-0.39, 0.29) is 48.1 Å². The van der Waals surface area contributed by atoms with Crippen molar-refractivity contribution in [3.05, 3.63) is 47.0 Å². The van der Waals surface area contributed by atoms with Gasteiger partial charge in [-0.05, 0) is 74.1 Å². The van der Waals surface area contributed by atoms with E-state index in [9.17, 15) is 18.0 Å². The fraction of sp³-hybridized carbons (Fsp3) is 0.440. The summed E-state index contributed by atoms with van der Waals surface area (Å²) in [5.41, 5.74) is 3.22. The molecule has 0 fully saturated rings. The average Bonchev–Trinajstić information content (AvgIpc) is 2.83. The van der Waals surface area contributed by atoms with Crippen molar-refractivity contribution in [3.63, 3.8) is 0 Å². The summed E-state index contributed by atoms with van der Waals surface area (Å²) in [5, 5.41) is 2.53. The first-order valence-electron chi connectivity index (χ1n) is 11.5. The van der Waals surface area contributed by atoms with E-state index in [0.29, 0.717) is 49.0 Å². The number of hydrogen-bond donors (Lipinski definition) is 1. The lowest BCUT2D eigenvalue weighted by Crippen LogP contribution is -2.15. The van der Waals surface area contributed by atoms with Gasteiger partial charge in [-0.25, -0.2) is 0 Å². The van der Waals surface area contributed by atoms with E-state index in [2.05, 4.69) is 9.50 Å². The van der Waals surface area contributed by atoms with Crippen molar-refractivity contribution in [2.24, 2.45) is 0 Å². The Morgan fingerprint density at radius 1 is 0.944 bits per heavy atom. The van der Waals surface area contributed by atoms with Gasteiger partial charge in [-0.15, -0.1) is 0 Å². The second-order valence-electron chi connectivity index (χ2n) is 7.56. The Morgan fingerprint density at radius 2 is 1.58 bits per heavy atom. The van der Waals surface area contributed by atoms with Gasteiger partial charge in [0.15, 0.2) is 0 Å². The Labute approximate surface area is 229 Å². The molecular formula is C25H35MgNO8S. The molecule has 1 amide bonds. The summed E-state index contributed by atoms with van der Waals surface area (Å²) >= 11 is 0. The van der Waals surface area contributed by atoms with Crippen LogP contribution in [0.5, 0.6) is 17.2 Å². The van der Waals surface area contributed by atoms with Crippen molar-refractivity contribution in [1.29, 1.82) is 0 Å². The molecule has 196 valence electrons. The number of rotatable bonds is 15. The van der Waals surface area contributed by atoms with Crippen LogP contribution < -0.4 is 19.5 Å². The molecule has 0 unspecified atom stereocenters. The Hall–Kier alpha value is -2.34. The van der Waals surface area contributed by atoms with Gasteiger partial charge in [0.1, 0.15) is 17.2 Å². The van der Waals surface area contributed by atoms with Gasteiger partial charge >= 0.3 is 23.1 Å². The van der Waals surface area contributed by atoms with Gasteiger partial charge in [0.25, 0.3) is 16.0 Å². The van der Waals surface area contributed by atoms with Crippen molar-refractivity contribution in [3.8, 4) is 17.2 Å². The molecule has 0 aliphatic rings. The highest BCUT2D eigenvalue weighted by Gasteiger charge is 2.15. The predicted molar refractivity (Wildman–Crippen MR) is 142 cm³/mol. The molecule has 0 spiro atoms. The lowest BCUT2D eigenvalue weighted by atomic mass is 9.96. The summed E-state index contributed by atoms with van der Waals surface area (Å²) in [5.74, 6) is 0.740. The van der Waals surface area contributed by atoms with E-state index in [1.54, 1.807) is 12.1 Å². The smallest absolute Gasteiger partial charge is 0.316 e. The third-order valence-electron chi connectivity index (χ3n) is 5.05. The van der Waals surface area contributed by atoms with Crippen LogP contribution in [-0.2, 0) is 36.7 Å². The van der Waals surface area contributed by atoms with Crippen LogP contribution in [0.1, 0.15) is 43.9 Å². The molecule has 0 saturated carbocycles. The Bertz CT molecular complexity index is 1100. The lowest BCUT2D eigenvalue weighted by Gasteiger charge is -2.17. The van der Waals surface area contributed by atoms with Gasteiger partial charge in [-0.1, -0.05) is 6.92 Å². The third-order valence-corrected chi connectivity index (χ3v) is 6.35. The van der Waals surface area contributed by atoms with E-state index in [0.717, 1.165) is 23.8 Å². The van der Waals surface area contributed by atoms with Gasteiger partial charge in [0.05, 0.1) is 38.4 Å². The summed E-state index contributed by atoms with van der Waals surface area (Å²) < 4.78 is 44.8. The first-order chi connectivity index (χ1) is 16.7. The van der Waals surface area contributed by atoms with Crippen LogP contribution in [0.4, 0.5) is 5.69 Å². The highest BCUT2D eigenvalue weighted by atomic mass is 32.2. The van der Waals surface area contributed by atoms with Crippen LogP contribution in [0, 0.1) is 0 Å². The summed E-state index contributed by atoms with van der Waals surface area (Å²) in [4.78, 5) is 22.6. The maximum atomic E-state index is 11.7. The summed E-state index contributed by atoms with van der Waals surface area (Å²) in [6.07, 6.45) is 1.59. The van der Waals surface area contributed by atoms with E-state index in [4.69, 9.17) is 14.2 Å². The summed E-state index contributed by atoms with van der Waals surface area (Å²) in [7, 11) is -2.50.